The van der Waals surface area contributed by atoms with Crippen LogP contribution in [0.2, 0.25) is 0 Å². The van der Waals surface area contributed by atoms with E-state index in [9.17, 15) is 0 Å². The number of nitrogens with one attached hydrogen (secondary N) is 1. The molecule has 0 fully saturated rings. The van der Waals surface area contributed by atoms with Gasteiger partial charge >= 0.3 is 0 Å². The molecule has 2 aromatic rings. The highest BCUT2D eigenvalue weighted by Crippen LogP contribution is 2.21. The Morgan fingerprint density at radius 3 is 3.00 bits per heavy atom. The van der Waals surface area contributed by atoms with Gasteiger partial charge in [-0.3, -0.25) is 0 Å². The van der Waals surface area contributed by atoms with Crippen molar-refractivity contribution in [3.05, 3.63) is 27.4 Å². The maximum atomic E-state index is 5.38. The van der Waals surface area contributed by atoms with E-state index in [-0.39, 0.29) is 0 Å². The topological polar surface area (TPSA) is 20.7 Å². The van der Waals surface area contributed by atoms with Gasteiger partial charge in [-0.05, 0) is 48.3 Å². The van der Waals surface area contributed by atoms with E-state index in [0.29, 0.717) is 5.92 Å². The normalized spacial score (nSPS) is 13.1. The lowest BCUT2D eigenvalue weighted by molar-refractivity contribution is 0.537. The summed E-state index contributed by atoms with van der Waals surface area (Å²) in [5.41, 5.74) is 2.28. The third-order valence-corrected chi connectivity index (χ3v) is 4.40. The van der Waals surface area contributed by atoms with E-state index in [1.807, 2.05) is 11.8 Å². The van der Waals surface area contributed by atoms with Crippen molar-refractivity contribution in [3.63, 3.8) is 0 Å². The van der Waals surface area contributed by atoms with Crippen LogP contribution in [-0.4, -0.2) is 21.6 Å². The summed E-state index contributed by atoms with van der Waals surface area (Å²) in [6.45, 7) is 3.23. The zero-order valence-corrected chi connectivity index (χ0v) is 13.1. The van der Waals surface area contributed by atoms with Crippen molar-refractivity contribution in [2.24, 2.45) is 5.92 Å². The fraction of sp³-hybridized carbons (Fsp3) is 0.417. The summed E-state index contributed by atoms with van der Waals surface area (Å²) < 4.78 is 4.08. The molecule has 2 nitrogen and oxygen atoms in total. The van der Waals surface area contributed by atoms with Crippen molar-refractivity contribution >= 4 is 50.9 Å². The second-order valence-corrected chi connectivity index (χ2v) is 6.48. The highest BCUT2D eigenvalue weighted by Gasteiger charge is 2.08. The molecule has 1 aromatic carbocycles. The van der Waals surface area contributed by atoms with Crippen molar-refractivity contribution in [2.45, 2.75) is 13.5 Å². The van der Waals surface area contributed by atoms with Crippen LogP contribution in [0.3, 0.4) is 0 Å². The van der Waals surface area contributed by atoms with Gasteiger partial charge in [-0.2, -0.15) is 11.8 Å². The van der Waals surface area contributed by atoms with Crippen LogP contribution < -0.4 is 0 Å². The fourth-order valence-electron chi connectivity index (χ4n) is 1.97. The number of thioether (sulfide) groups is 1. The van der Waals surface area contributed by atoms with Gasteiger partial charge in [0, 0.05) is 11.0 Å². The number of halogens is 1. The van der Waals surface area contributed by atoms with Crippen LogP contribution in [0.25, 0.3) is 11.0 Å². The Hall–Kier alpha value is -0.260. The molecule has 0 aliphatic heterocycles. The van der Waals surface area contributed by atoms with Gasteiger partial charge in [-0.1, -0.05) is 22.9 Å². The second-order valence-electron chi connectivity index (χ2n) is 4.26. The van der Waals surface area contributed by atoms with Crippen molar-refractivity contribution in [2.75, 3.05) is 12.0 Å². The second kappa shape index (κ2) is 5.59. The van der Waals surface area contributed by atoms with Crippen LogP contribution >= 0.6 is 39.9 Å². The molecule has 0 spiro atoms. The van der Waals surface area contributed by atoms with Crippen LogP contribution in [0.4, 0.5) is 0 Å². The quantitative estimate of drug-likeness (QED) is 0.835. The molecule has 0 aliphatic carbocycles. The first-order valence-electron chi connectivity index (χ1n) is 5.49. The number of aromatic amines is 1. The van der Waals surface area contributed by atoms with E-state index in [2.05, 4.69) is 56.9 Å². The molecular formula is C12H15BrN2S2. The molecule has 0 aliphatic rings. The Kier molecular flexibility index (Phi) is 4.33. The van der Waals surface area contributed by atoms with Crippen molar-refractivity contribution in [1.29, 1.82) is 0 Å². The highest BCUT2D eigenvalue weighted by atomic mass is 79.9. The molecule has 1 heterocycles. The van der Waals surface area contributed by atoms with Crippen LogP contribution in [0, 0.1) is 10.7 Å². The number of hydrogen-bond acceptors (Lipinski definition) is 2. The van der Waals surface area contributed by atoms with Gasteiger partial charge in [0.05, 0.1) is 11.0 Å². The third kappa shape index (κ3) is 2.95. The molecule has 5 heteroatoms. The predicted octanol–water partition coefficient (Wildman–Crippen LogP) is 4.46. The van der Waals surface area contributed by atoms with Crippen molar-refractivity contribution in [1.82, 2.24) is 9.55 Å². The minimum Gasteiger partial charge on any atom is -0.331 e. The van der Waals surface area contributed by atoms with Gasteiger partial charge in [-0.15, -0.1) is 0 Å². The lowest BCUT2D eigenvalue weighted by Crippen LogP contribution is -2.09. The molecule has 0 amide bonds. The minimum atomic E-state index is 0.624. The summed E-state index contributed by atoms with van der Waals surface area (Å²) >= 11 is 10.7. The number of imidazole rings is 1. The first kappa shape index (κ1) is 13.2. The van der Waals surface area contributed by atoms with Gasteiger partial charge in [0.25, 0.3) is 0 Å². The zero-order valence-electron chi connectivity index (χ0n) is 9.87. The molecule has 92 valence electrons. The standard InChI is InChI=1S/C12H15BrN2S2/c1-8(7-17-2)6-15-11-4-3-9(13)5-10(11)14-12(15)16/h3-5,8H,6-7H2,1-2H3,(H,14,16). The maximum absolute atomic E-state index is 5.38. The van der Waals surface area contributed by atoms with E-state index in [0.717, 1.165) is 27.1 Å². The molecule has 0 saturated heterocycles. The lowest BCUT2D eigenvalue weighted by atomic mass is 10.2. The summed E-state index contributed by atoms with van der Waals surface area (Å²) in [6, 6.07) is 6.24. The van der Waals surface area contributed by atoms with Gasteiger partial charge < -0.3 is 9.55 Å². The first-order chi connectivity index (χ1) is 8.11. The molecule has 2 rings (SSSR count). The van der Waals surface area contributed by atoms with Crippen molar-refractivity contribution in [3.8, 4) is 0 Å². The molecule has 1 aromatic heterocycles. The minimum absolute atomic E-state index is 0.624. The Morgan fingerprint density at radius 2 is 2.29 bits per heavy atom. The number of fused-ring (bicyclic) bond motifs is 1. The molecular weight excluding hydrogens is 316 g/mol. The average molecular weight is 331 g/mol. The number of rotatable bonds is 4. The fourth-order valence-corrected chi connectivity index (χ4v) is 3.28. The summed E-state index contributed by atoms with van der Waals surface area (Å²) in [5.74, 6) is 1.78. The van der Waals surface area contributed by atoms with E-state index in [1.165, 1.54) is 5.52 Å². The molecule has 0 saturated carbocycles. The number of aromatic nitrogens is 2. The average Bonchev–Trinajstić information content (AvgIpc) is 2.55. The Morgan fingerprint density at radius 1 is 1.53 bits per heavy atom. The highest BCUT2D eigenvalue weighted by molar-refractivity contribution is 9.10. The zero-order chi connectivity index (χ0) is 12.4. The number of nitrogens with zero attached hydrogens (tertiary/aromatic N) is 1. The van der Waals surface area contributed by atoms with Gasteiger partial charge in [0.2, 0.25) is 0 Å². The largest absolute Gasteiger partial charge is 0.331 e. The van der Waals surface area contributed by atoms with E-state index < -0.39 is 0 Å². The Labute approximate surface area is 119 Å². The van der Waals surface area contributed by atoms with Gasteiger partial charge in [0.15, 0.2) is 4.77 Å². The van der Waals surface area contributed by atoms with E-state index in [1.54, 1.807) is 0 Å². The van der Waals surface area contributed by atoms with E-state index >= 15 is 0 Å². The van der Waals surface area contributed by atoms with Gasteiger partial charge in [0.1, 0.15) is 0 Å². The van der Waals surface area contributed by atoms with Crippen LogP contribution in [-0.2, 0) is 6.54 Å². The van der Waals surface area contributed by atoms with Crippen molar-refractivity contribution < 1.29 is 0 Å². The number of hydrogen-bond donors (Lipinski definition) is 1. The van der Waals surface area contributed by atoms with Gasteiger partial charge in [-0.25, -0.2) is 0 Å². The molecule has 1 atom stereocenters. The van der Waals surface area contributed by atoms with Crippen LogP contribution in [0.5, 0.6) is 0 Å². The maximum Gasteiger partial charge on any atom is 0.178 e. The molecule has 0 radical (unpaired) electrons. The SMILES string of the molecule is CSCC(C)Cn1c(=S)[nH]c2cc(Br)ccc21. The molecule has 17 heavy (non-hydrogen) atoms. The summed E-state index contributed by atoms with van der Waals surface area (Å²) in [4.78, 5) is 3.26. The summed E-state index contributed by atoms with van der Waals surface area (Å²) in [6.07, 6.45) is 2.14. The van der Waals surface area contributed by atoms with E-state index in [4.69, 9.17) is 12.2 Å². The smallest absolute Gasteiger partial charge is 0.178 e. The Balaban J connectivity index is 2.40. The summed E-state index contributed by atoms with van der Waals surface area (Å²) in [5, 5.41) is 0. The lowest BCUT2D eigenvalue weighted by Gasteiger charge is -2.11. The molecule has 1 N–H and O–H groups in total. The third-order valence-electron chi connectivity index (χ3n) is 2.68. The first-order valence-corrected chi connectivity index (χ1v) is 8.08. The van der Waals surface area contributed by atoms with Crippen LogP contribution in [0.15, 0.2) is 22.7 Å². The monoisotopic (exact) mass is 330 g/mol. The van der Waals surface area contributed by atoms with Crippen LogP contribution in [0.1, 0.15) is 6.92 Å². The molecule has 0 bridgehead atoms. The predicted molar refractivity (Wildman–Crippen MR) is 82.4 cm³/mol. The molecule has 1 unspecified atom stereocenters. The Bertz CT molecular complexity index is 573. The number of benzene rings is 1. The summed E-state index contributed by atoms with van der Waals surface area (Å²) in [7, 11) is 0. The number of H-pyrrole nitrogens is 1.